The summed E-state index contributed by atoms with van der Waals surface area (Å²) in [6, 6.07) is 0. The van der Waals surface area contributed by atoms with Gasteiger partial charge in [0, 0.05) is 13.0 Å². The zero-order valence-corrected chi connectivity index (χ0v) is 14.3. The van der Waals surface area contributed by atoms with Crippen molar-refractivity contribution in [2.45, 2.75) is 96.8 Å². The van der Waals surface area contributed by atoms with E-state index in [0.29, 0.717) is 13.0 Å². The van der Waals surface area contributed by atoms with Crippen LogP contribution in [0.1, 0.15) is 96.8 Å². The molecule has 0 aliphatic rings. The maximum Gasteiger partial charge on any atom is 0.220 e. The molecule has 0 heterocycles. The molecule has 0 unspecified atom stereocenters. The highest BCUT2D eigenvalue weighted by molar-refractivity contribution is 5.75. The average Bonchev–Trinajstić information content (AvgIpc) is 2.49. The molecule has 2 heteroatoms. The third kappa shape index (κ3) is 17.2. The van der Waals surface area contributed by atoms with Crippen molar-refractivity contribution in [3.63, 3.8) is 0 Å². The van der Waals surface area contributed by atoms with E-state index in [1.807, 2.05) is 0 Å². The SMILES string of the molecule is C=CCNC(=O)CCCCCCCCCCCCCCC. The predicted octanol–water partition coefficient (Wildman–Crippen LogP) is 5.77. The molecule has 0 aromatic rings. The lowest BCUT2D eigenvalue weighted by Crippen LogP contribution is -2.22. The Morgan fingerprint density at radius 2 is 1.24 bits per heavy atom. The Bertz CT molecular complexity index is 238. The lowest BCUT2D eigenvalue weighted by Gasteiger charge is -2.03. The van der Waals surface area contributed by atoms with Crippen molar-refractivity contribution < 1.29 is 4.79 Å². The van der Waals surface area contributed by atoms with Crippen LogP contribution in [0.25, 0.3) is 0 Å². The van der Waals surface area contributed by atoms with Crippen molar-refractivity contribution in [1.82, 2.24) is 5.32 Å². The van der Waals surface area contributed by atoms with Crippen LogP contribution in [0, 0.1) is 0 Å². The van der Waals surface area contributed by atoms with E-state index in [1.54, 1.807) is 6.08 Å². The molecule has 0 atom stereocenters. The van der Waals surface area contributed by atoms with Crippen LogP contribution < -0.4 is 5.32 Å². The Hall–Kier alpha value is -0.790. The summed E-state index contributed by atoms with van der Waals surface area (Å²) in [4.78, 5) is 11.3. The molecule has 0 aromatic carbocycles. The molecule has 2 nitrogen and oxygen atoms in total. The van der Waals surface area contributed by atoms with Gasteiger partial charge in [0.05, 0.1) is 0 Å². The van der Waals surface area contributed by atoms with Crippen LogP contribution in [-0.2, 0) is 4.79 Å². The second-order valence-corrected chi connectivity index (χ2v) is 6.09. The summed E-state index contributed by atoms with van der Waals surface area (Å²) >= 11 is 0. The molecule has 0 saturated heterocycles. The summed E-state index contributed by atoms with van der Waals surface area (Å²) in [6.07, 6.45) is 19.9. The fourth-order valence-corrected chi connectivity index (χ4v) is 2.58. The number of unbranched alkanes of at least 4 members (excludes halogenated alkanes) is 12. The highest BCUT2D eigenvalue weighted by atomic mass is 16.1. The molecular weight excluding hydrogens is 258 g/mol. The maximum atomic E-state index is 11.3. The van der Waals surface area contributed by atoms with Gasteiger partial charge in [-0.25, -0.2) is 0 Å². The molecule has 1 N–H and O–H groups in total. The van der Waals surface area contributed by atoms with Gasteiger partial charge in [-0.2, -0.15) is 0 Å². The number of rotatable bonds is 16. The molecule has 124 valence electrons. The number of hydrogen-bond acceptors (Lipinski definition) is 1. The topological polar surface area (TPSA) is 29.1 Å². The van der Waals surface area contributed by atoms with Crippen molar-refractivity contribution in [3.8, 4) is 0 Å². The van der Waals surface area contributed by atoms with Crippen LogP contribution in [0.4, 0.5) is 0 Å². The second-order valence-electron chi connectivity index (χ2n) is 6.09. The summed E-state index contributed by atoms with van der Waals surface area (Å²) in [6.45, 7) is 6.45. The molecule has 0 rings (SSSR count). The van der Waals surface area contributed by atoms with Crippen LogP contribution in [0.2, 0.25) is 0 Å². The van der Waals surface area contributed by atoms with E-state index < -0.39 is 0 Å². The third-order valence-electron chi connectivity index (χ3n) is 3.95. The smallest absolute Gasteiger partial charge is 0.220 e. The fourth-order valence-electron chi connectivity index (χ4n) is 2.58. The van der Waals surface area contributed by atoms with Crippen LogP contribution in [0.3, 0.4) is 0 Å². The molecule has 0 aliphatic heterocycles. The van der Waals surface area contributed by atoms with Crippen LogP contribution in [0.15, 0.2) is 12.7 Å². The lowest BCUT2D eigenvalue weighted by atomic mass is 10.0. The van der Waals surface area contributed by atoms with Gasteiger partial charge in [0.1, 0.15) is 0 Å². The Morgan fingerprint density at radius 3 is 1.67 bits per heavy atom. The zero-order chi connectivity index (χ0) is 15.6. The molecule has 0 radical (unpaired) electrons. The van der Waals surface area contributed by atoms with E-state index in [2.05, 4.69) is 18.8 Å². The predicted molar refractivity (Wildman–Crippen MR) is 93.5 cm³/mol. The molecule has 21 heavy (non-hydrogen) atoms. The normalized spacial score (nSPS) is 10.5. The number of amides is 1. The molecule has 1 amide bonds. The fraction of sp³-hybridized carbons (Fsp3) is 0.842. The van der Waals surface area contributed by atoms with Crippen LogP contribution >= 0.6 is 0 Å². The van der Waals surface area contributed by atoms with Crippen LogP contribution in [-0.4, -0.2) is 12.5 Å². The quantitative estimate of drug-likeness (QED) is 0.284. The molecular formula is C19H37NO. The van der Waals surface area contributed by atoms with Gasteiger partial charge in [-0.3, -0.25) is 4.79 Å². The minimum Gasteiger partial charge on any atom is -0.353 e. The van der Waals surface area contributed by atoms with E-state index in [4.69, 9.17) is 0 Å². The summed E-state index contributed by atoms with van der Waals surface area (Å²) in [5, 5.41) is 2.82. The summed E-state index contributed by atoms with van der Waals surface area (Å²) in [5.41, 5.74) is 0. The van der Waals surface area contributed by atoms with E-state index in [-0.39, 0.29) is 5.91 Å². The van der Waals surface area contributed by atoms with Crippen molar-refractivity contribution in [1.29, 1.82) is 0 Å². The first-order valence-corrected chi connectivity index (χ1v) is 9.18. The largest absolute Gasteiger partial charge is 0.353 e. The van der Waals surface area contributed by atoms with E-state index >= 15 is 0 Å². The first kappa shape index (κ1) is 20.2. The number of carbonyl (C=O) groups is 1. The Balaban J connectivity index is 3.05. The minimum absolute atomic E-state index is 0.165. The third-order valence-corrected chi connectivity index (χ3v) is 3.95. The zero-order valence-electron chi connectivity index (χ0n) is 14.3. The van der Waals surface area contributed by atoms with Crippen LogP contribution in [0.5, 0.6) is 0 Å². The average molecular weight is 296 g/mol. The van der Waals surface area contributed by atoms with Crippen molar-refractivity contribution in [2.24, 2.45) is 0 Å². The van der Waals surface area contributed by atoms with Crippen molar-refractivity contribution in [2.75, 3.05) is 6.54 Å². The first-order chi connectivity index (χ1) is 10.3. The van der Waals surface area contributed by atoms with Gasteiger partial charge < -0.3 is 5.32 Å². The highest BCUT2D eigenvalue weighted by Crippen LogP contribution is 2.12. The molecule has 0 saturated carbocycles. The van der Waals surface area contributed by atoms with Gasteiger partial charge >= 0.3 is 0 Å². The maximum absolute atomic E-state index is 11.3. The van der Waals surface area contributed by atoms with Gasteiger partial charge in [-0.1, -0.05) is 90.0 Å². The number of hydrogen-bond donors (Lipinski definition) is 1. The van der Waals surface area contributed by atoms with Crippen molar-refractivity contribution >= 4 is 5.91 Å². The van der Waals surface area contributed by atoms with Gasteiger partial charge in [-0.15, -0.1) is 6.58 Å². The molecule has 0 bridgehead atoms. The number of nitrogens with one attached hydrogen (secondary N) is 1. The van der Waals surface area contributed by atoms with Gasteiger partial charge in [0.2, 0.25) is 5.91 Å². The van der Waals surface area contributed by atoms with Gasteiger partial charge in [-0.05, 0) is 6.42 Å². The molecule has 0 aromatic heterocycles. The van der Waals surface area contributed by atoms with E-state index in [9.17, 15) is 4.79 Å². The number of carbonyl (C=O) groups excluding carboxylic acids is 1. The van der Waals surface area contributed by atoms with Gasteiger partial charge in [0.15, 0.2) is 0 Å². The van der Waals surface area contributed by atoms with E-state index in [1.165, 1.54) is 77.0 Å². The monoisotopic (exact) mass is 295 g/mol. The lowest BCUT2D eigenvalue weighted by molar-refractivity contribution is -0.121. The summed E-state index contributed by atoms with van der Waals surface area (Å²) in [7, 11) is 0. The Labute approximate surface area is 132 Å². The Kier molecular flexibility index (Phi) is 16.6. The summed E-state index contributed by atoms with van der Waals surface area (Å²) in [5.74, 6) is 0.165. The second kappa shape index (κ2) is 17.3. The molecule has 0 fully saturated rings. The highest BCUT2D eigenvalue weighted by Gasteiger charge is 1.99. The van der Waals surface area contributed by atoms with E-state index in [0.717, 1.165) is 6.42 Å². The molecule has 0 aliphatic carbocycles. The van der Waals surface area contributed by atoms with Crippen molar-refractivity contribution in [3.05, 3.63) is 12.7 Å². The standard InChI is InChI=1S/C19H37NO/c1-3-5-6-7-8-9-10-11-12-13-14-15-16-17-19(21)20-18-4-2/h4H,2-3,5-18H2,1H3,(H,20,21). The minimum atomic E-state index is 0.165. The Morgan fingerprint density at radius 1 is 0.810 bits per heavy atom. The molecule has 0 spiro atoms. The summed E-state index contributed by atoms with van der Waals surface area (Å²) < 4.78 is 0. The first-order valence-electron chi connectivity index (χ1n) is 9.18. The van der Waals surface area contributed by atoms with Gasteiger partial charge in [0.25, 0.3) is 0 Å².